The molecule has 1 amide bonds. The molecule has 1 fully saturated rings. The van der Waals surface area contributed by atoms with Gasteiger partial charge in [-0.05, 0) is 49.2 Å². The van der Waals surface area contributed by atoms with Gasteiger partial charge in [0.25, 0.3) is 15.9 Å². The topological polar surface area (TPSA) is 79.4 Å². The number of benzene rings is 1. The first-order valence-corrected chi connectivity index (χ1v) is 9.98. The molecule has 1 aliphatic rings. The number of carbonyl (C=O) groups excluding carboxylic acids is 1. The highest BCUT2D eigenvalue weighted by molar-refractivity contribution is 7.92. The van der Waals surface area contributed by atoms with Crippen LogP contribution in [-0.4, -0.2) is 37.3 Å². The van der Waals surface area contributed by atoms with Gasteiger partial charge in [0, 0.05) is 19.3 Å². The quantitative estimate of drug-likeness (QED) is 0.888. The van der Waals surface area contributed by atoms with Crippen molar-refractivity contribution >= 4 is 21.6 Å². The maximum absolute atomic E-state index is 13.0. The normalized spacial score (nSPS) is 15.3. The summed E-state index contributed by atoms with van der Waals surface area (Å²) in [5.74, 6) is -0.715. The molecule has 0 atom stereocenters. The van der Waals surface area contributed by atoms with E-state index in [0.29, 0.717) is 13.1 Å². The summed E-state index contributed by atoms with van der Waals surface area (Å²) in [7, 11) is -3.87. The lowest BCUT2D eigenvalue weighted by atomic mass is 10.2. The lowest BCUT2D eigenvalue weighted by Gasteiger charge is -2.20. The van der Waals surface area contributed by atoms with Gasteiger partial charge >= 0.3 is 0 Å². The van der Waals surface area contributed by atoms with Crippen molar-refractivity contribution in [3.05, 3.63) is 54.1 Å². The van der Waals surface area contributed by atoms with Crippen LogP contribution < -0.4 is 4.72 Å². The van der Waals surface area contributed by atoms with Gasteiger partial charge in [-0.3, -0.25) is 14.5 Å². The fourth-order valence-electron chi connectivity index (χ4n) is 2.87. The van der Waals surface area contributed by atoms with E-state index in [1.165, 1.54) is 30.5 Å². The average molecular weight is 377 g/mol. The first kappa shape index (κ1) is 18.3. The number of sulfonamides is 1. The Bertz CT molecular complexity index is 877. The van der Waals surface area contributed by atoms with E-state index in [2.05, 4.69) is 9.71 Å². The number of carbonyl (C=O) groups is 1. The van der Waals surface area contributed by atoms with Gasteiger partial charge in [0.15, 0.2) is 0 Å². The van der Waals surface area contributed by atoms with Crippen LogP contribution in [0.15, 0.2) is 47.5 Å². The molecular formula is C18H20FN3O3S. The Kier molecular flexibility index (Phi) is 5.51. The van der Waals surface area contributed by atoms with Gasteiger partial charge in [0.2, 0.25) is 0 Å². The van der Waals surface area contributed by atoms with Gasteiger partial charge in [-0.25, -0.2) is 12.8 Å². The smallest absolute Gasteiger partial charge is 0.272 e. The Morgan fingerprint density at radius 3 is 2.35 bits per heavy atom. The van der Waals surface area contributed by atoms with E-state index in [4.69, 9.17) is 0 Å². The standard InChI is InChI=1S/C18H20FN3O3S/c19-14-5-7-16(8-6-14)26(24,25)21-15-9-10-20-17(13-15)18(23)22-11-3-1-2-4-12-22/h5-10,13H,1-4,11-12H2,(H,20,21). The second-order valence-corrected chi connectivity index (χ2v) is 7.88. The van der Waals surface area contributed by atoms with Crippen molar-refractivity contribution in [1.29, 1.82) is 0 Å². The molecule has 0 spiro atoms. The van der Waals surface area contributed by atoms with Crippen LogP contribution in [0.5, 0.6) is 0 Å². The molecule has 1 aliphatic heterocycles. The van der Waals surface area contributed by atoms with Crippen molar-refractivity contribution in [3.8, 4) is 0 Å². The third kappa shape index (κ3) is 4.37. The number of rotatable bonds is 4. The lowest BCUT2D eigenvalue weighted by Crippen LogP contribution is -2.32. The number of amides is 1. The minimum absolute atomic E-state index is 0.0592. The summed E-state index contributed by atoms with van der Waals surface area (Å²) < 4.78 is 40.2. The second-order valence-electron chi connectivity index (χ2n) is 6.20. The summed E-state index contributed by atoms with van der Waals surface area (Å²) >= 11 is 0. The molecule has 2 aromatic rings. The van der Waals surface area contributed by atoms with E-state index in [1.807, 2.05) is 0 Å². The maximum Gasteiger partial charge on any atom is 0.272 e. The molecule has 6 nitrogen and oxygen atoms in total. The summed E-state index contributed by atoms with van der Waals surface area (Å²) in [6, 6.07) is 7.42. The summed E-state index contributed by atoms with van der Waals surface area (Å²) in [6.45, 7) is 1.37. The SMILES string of the molecule is O=C(c1cc(NS(=O)(=O)c2ccc(F)cc2)ccn1)N1CCCCCC1. The Morgan fingerprint density at radius 1 is 1.04 bits per heavy atom. The average Bonchev–Trinajstić information content (AvgIpc) is 2.91. The molecular weight excluding hydrogens is 357 g/mol. The molecule has 0 radical (unpaired) electrons. The van der Waals surface area contributed by atoms with Gasteiger partial charge in [0.1, 0.15) is 11.5 Å². The first-order chi connectivity index (χ1) is 12.5. The van der Waals surface area contributed by atoms with Gasteiger partial charge in [-0.15, -0.1) is 0 Å². The van der Waals surface area contributed by atoms with Crippen molar-refractivity contribution in [2.45, 2.75) is 30.6 Å². The van der Waals surface area contributed by atoms with Crippen LogP contribution in [0.2, 0.25) is 0 Å². The molecule has 26 heavy (non-hydrogen) atoms. The highest BCUT2D eigenvalue weighted by atomic mass is 32.2. The number of hydrogen-bond donors (Lipinski definition) is 1. The van der Waals surface area contributed by atoms with Crippen LogP contribution in [-0.2, 0) is 10.0 Å². The third-order valence-electron chi connectivity index (χ3n) is 4.25. The molecule has 138 valence electrons. The monoisotopic (exact) mass is 377 g/mol. The number of nitrogens with zero attached hydrogens (tertiary/aromatic N) is 2. The van der Waals surface area contributed by atoms with Crippen molar-refractivity contribution in [1.82, 2.24) is 9.88 Å². The number of pyridine rings is 1. The van der Waals surface area contributed by atoms with Crippen LogP contribution in [0, 0.1) is 5.82 Å². The fraction of sp³-hybridized carbons (Fsp3) is 0.333. The fourth-order valence-corrected chi connectivity index (χ4v) is 3.92. The molecule has 3 rings (SSSR count). The summed E-state index contributed by atoms with van der Waals surface area (Å²) in [6.07, 6.45) is 5.53. The number of anilines is 1. The zero-order valence-electron chi connectivity index (χ0n) is 14.2. The van der Waals surface area contributed by atoms with E-state index >= 15 is 0 Å². The van der Waals surface area contributed by atoms with E-state index < -0.39 is 15.8 Å². The zero-order chi connectivity index (χ0) is 18.6. The molecule has 1 saturated heterocycles. The summed E-state index contributed by atoms with van der Waals surface area (Å²) in [4.78, 5) is 18.4. The van der Waals surface area contributed by atoms with Crippen LogP contribution in [0.25, 0.3) is 0 Å². The summed E-state index contributed by atoms with van der Waals surface area (Å²) in [5.41, 5.74) is 0.439. The molecule has 0 unspecified atom stereocenters. The predicted molar refractivity (Wildman–Crippen MR) is 95.8 cm³/mol. The van der Waals surface area contributed by atoms with Gasteiger partial charge < -0.3 is 4.90 Å². The van der Waals surface area contributed by atoms with E-state index in [1.54, 1.807) is 4.90 Å². The molecule has 8 heteroatoms. The summed E-state index contributed by atoms with van der Waals surface area (Å²) in [5, 5.41) is 0. The zero-order valence-corrected chi connectivity index (χ0v) is 15.0. The van der Waals surface area contributed by atoms with E-state index in [9.17, 15) is 17.6 Å². The van der Waals surface area contributed by atoms with Gasteiger partial charge in [-0.2, -0.15) is 0 Å². The number of nitrogens with one attached hydrogen (secondary N) is 1. The molecule has 1 aromatic heterocycles. The van der Waals surface area contributed by atoms with E-state index in [-0.39, 0.29) is 22.2 Å². The Hall–Kier alpha value is -2.48. The second kappa shape index (κ2) is 7.82. The van der Waals surface area contributed by atoms with Gasteiger partial charge in [-0.1, -0.05) is 12.8 Å². The van der Waals surface area contributed by atoms with Crippen LogP contribution in [0.4, 0.5) is 10.1 Å². The first-order valence-electron chi connectivity index (χ1n) is 8.49. The van der Waals surface area contributed by atoms with Crippen molar-refractivity contribution < 1.29 is 17.6 Å². The predicted octanol–water partition coefficient (Wildman–Crippen LogP) is 3.04. The third-order valence-corrected chi connectivity index (χ3v) is 5.65. The van der Waals surface area contributed by atoms with Crippen molar-refractivity contribution in [3.63, 3.8) is 0 Å². The highest BCUT2D eigenvalue weighted by Gasteiger charge is 2.20. The number of hydrogen-bond acceptors (Lipinski definition) is 4. The minimum Gasteiger partial charge on any atom is -0.337 e. The molecule has 0 saturated carbocycles. The molecule has 1 aromatic carbocycles. The van der Waals surface area contributed by atoms with Crippen LogP contribution in [0.1, 0.15) is 36.2 Å². The number of halogens is 1. The van der Waals surface area contributed by atoms with Crippen molar-refractivity contribution in [2.75, 3.05) is 17.8 Å². The van der Waals surface area contributed by atoms with Crippen LogP contribution >= 0.6 is 0 Å². The Morgan fingerprint density at radius 2 is 1.69 bits per heavy atom. The lowest BCUT2D eigenvalue weighted by molar-refractivity contribution is 0.0756. The molecule has 0 bridgehead atoms. The molecule has 0 aliphatic carbocycles. The van der Waals surface area contributed by atoms with Crippen molar-refractivity contribution in [2.24, 2.45) is 0 Å². The minimum atomic E-state index is -3.87. The van der Waals surface area contributed by atoms with Crippen LogP contribution in [0.3, 0.4) is 0 Å². The van der Waals surface area contributed by atoms with E-state index in [0.717, 1.165) is 37.8 Å². The number of aromatic nitrogens is 1. The highest BCUT2D eigenvalue weighted by Crippen LogP contribution is 2.18. The molecule has 2 heterocycles. The Labute approximate surface area is 152 Å². The number of likely N-dealkylation sites (tertiary alicyclic amines) is 1. The molecule has 1 N–H and O–H groups in total. The Balaban J connectivity index is 1.78. The largest absolute Gasteiger partial charge is 0.337 e. The maximum atomic E-state index is 13.0. The van der Waals surface area contributed by atoms with Gasteiger partial charge in [0.05, 0.1) is 10.6 Å².